The van der Waals surface area contributed by atoms with Crippen LogP contribution >= 0.6 is 15.9 Å². The summed E-state index contributed by atoms with van der Waals surface area (Å²) >= 11 is 3.63. The van der Waals surface area contributed by atoms with Crippen molar-refractivity contribution in [3.05, 3.63) is 0 Å². The van der Waals surface area contributed by atoms with Crippen LogP contribution in [0.15, 0.2) is 0 Å². The summed E-state index contributed by atoms with van der Waals surface area (Å²) < 4.78 is 0. The van der Waals surface area contributed by atoms with Crippen molar-refractivity contribution in [1.29, 1.82) is 0 Å². The van der Waals surface area contributed by atoms with E-state index in [4.69, 9.17) is 0 Å². The number of hydrogen-bond donors (Lipinski definition) is 0. The van der Waals surface area contributed by atoms with Gasteiger partial charge in [0.1, 0.15) is 0 Å². The monoisotopic (exact) mass is 214 g/mol. The van der Waals surface area contributed by atoms with Gasteiger partial charge in [-0.15, -0.1) is 0 Å². The van der Waals surface area contributed by atoms with Crippen LogP contribution in [0.5, 0.6) is 0 Å². The fourth-order valence-corrected chi connectivity index (χ4v) is 4.72. The van der Waals surface area contributed by atoms with E-state index in [2.05, 4.69) is 15.9 Å². The molecule has 4 unspecified atom stereocenters. The Hall–Kier alpha value is 0.480. The molecule has 0 aromatic heterocycles. The number of hydrogen-bond acceptors (Lipinski definition) is 0. The van der Waals surface area contributed by atoms with Gasteiger partial charge in [-0.05, 0) is 48.9 Å². The molecule has 62 valence electrons. The molecule has 3 fully saturated rings. The highest BCUT2D eigenvalue weighted by Gasteiger charge is 2.63. The number of halogens is 1. The van der Waals surface area contributed by atoms with E-state index in [1.54, 1.807) is 32.1 Å². The molecule has 3 aliphatic rings. The third kappa shape index (κ3) is 0.760. The zero-order valence-corrected chi connectivity index (χ0v) is 8.44. The average molecular weight is 215 g/mol. The summed E-state index contributed by atoms with van der Waals surface area (Å²) in [5, 5.41) is 1.27. The number of rotatable bonds is 1. The molecule has 0 nitrogen and oxygen atoms in total. The molecule has 3 aliphatic carbocycles. The Morgan fingerprint density at radius 2 is 2.18 bits per heavy atom. The highest BCUT2D eigenvalue weighted by molar-refractivity contribution is 9.09. The quantitative estimate of drug-likeness (QED) is 0.589. The van der Waals surface area contributed by atoms with Gasteiger partial charge in [0.2, 0.25) is 0 Å². The Morgan fingerprint density at radius 3 is 2.64 bits per heavy atom. The van der Waals surface area contributed by atoms with Crippen molar-refractivity contribution in [1.82, 2.24) is 0 Å². The lowest BCUT2D eigenvalue weighted by molar-refractivity contribution is 0.288. The topological polar surface area (TPSA) is 0 Å². The average Bonchev–Trinajstić information content (AvgIpc) is 2.45. The van der Waals surface area contributed by atoms with Crippen LogP contribution in [0, 0.1) is 23.2 Å². The normalized spacial score (nSPS) is 59.2. The molecule has 1 heteroatoms. The summed E-state index contributed by atoms with van der Waals surface area (Å²) in [6, 6.07) is 0. The highest BCUT2D eigenvalue weighted by atomic mass is 79.9. The van der Waals surface area contributed by atoms with E-state index >= 15 is 0 Å². The lowest BCUT2D eigenvalue weighted by atomic mass is 9.84. The van der Waals surface area contributed by atoms with Gasteiger partial charge in [-0.2, -0.15) is 0 Å². The molecular formula is C10H15Br. The van der Waals surface area contributed by atoms with Crippen LogP contribution in [-0.4, -0.2) is 5.33 Å². The molecule has 3 rings (SSSR count). The van der Waals surface area contributed by atoms with Gasteiger partial charge in [-0.1, -0.05) is 22.4 Å². The molecule has 0 heterocycles. The highest BCUT2D eigenvalue weighted by Crippen LogP contribution is 2.71. The van der Waals surface area contributed by atoms with Crippen molar-refractivity contribution in [2.24, 2.45) is 23.2 Å². The third-order valence-electron chi connectivity index (χ3n) is 4.49. The Kier molecular flexibility index (Phi) is 1.29. The molecule has 0 N–H and O–H groups in total. The predicted octanol–water partition coefficient (Wildman–Crippen LogP) is 3.21. The standard InChI is InChI=1S/C10H15Br/c11-6-9-5-10(9)4-7-1-2-8(10)3-7/h7-9H,1-6H2. The van der Waals surface area contributed by atoms with E-state index in [0.29, 0.717) is 0 Å². The van der Waals surface area contributed by atoms with Crippen LogP contribution in [0.25, 0.3) is 0 Å². The fraction of sp³-hybridized carbons (Fsp3) is 1.00. The number of alkyl halides is 1. The van der Waals surface area contributed by atoms with Gasteiger partial charge in [0, 0.05) is 5.33 Å². The van der Waals surface area contributed by atoms with Gasteiger partial charge >= 0.3 is 0 Å². The molecule has 3 saturated carbocycles. The van der Waals surface area contributed by atoms with Gasteiger partial charge in [0.05, 0.1) is 0 Å². The minimum absolute atomic E-state index is 0.881. The van der Waals surface area contributed by atoms with Gasteiger partial charge < -0.3 is 0 Å². The van der Waals surface area contributed by atoms with Crippen molar-refractivity contribution in [2.45, 2.75) is 32.1 Å². The second-order valence-electron chi connectivity index (χ2n) is 4.87. The molecule has 0 aromatic carbocycles. The van der Waals surface area contributed by atoms with Crippen LogP contribution in [0.3, 0.4) is 0 Å². The molecular weight excluding hydrogens is 200 g/mol. The molecule has 1 spiro atoms. The predicted molar refractivity (Wildman–Crippen MR) is 49.8 cm³/mol. The van der Waals surface area contributed by atoms with Crippen molar-refractivity contribution in [2.75, 3.05) is 5.33 Å². The van der Waals surface area contributed by atoms with Crippen LogP contribution in [0.2, 0.25) is 0 Å². The molecule has 4 atom stereocenters. The molecule has 0 aromatic rings. The summed E-state index contributed by atoms with van der Waals surface area (Å²) in [4.78, 5) is 0. The first-order valence-corrected chi connectivity index (χ1v) is 6.03. The van der Waals surface area contributed by atoms with Crippen molar-refractivity contribution in [3.8, 4) is 0 Å². The molecule has 0 saturated heterocycles. The molecule has 0 radical (unpaired) electrons. The summed E-state index contributed by atoms with van der Waals surface area (Å²) in [7, 11) is 0. The first kappa shape index (κ1) is 6.94. The van der Waals surface area contributed by atoms with Crippen molar-refractivity contribution in [3.63, 3.8) is 0 Å². The van der Waals surface area contributed by atoms with Gasteiger partial charge in [0.15, 0.2) is 0 Å². The summed E-state index contributed by atoms with van der Waals surface area (Å²) in [6.45, 7) is 0. The summed E-state index contributed by atoms with van der Waals surface area (Å²) in [5.74, 6) is 3.36. The zero-order chi connectivity index (χ0) is 7.47. The van der Waals surface area contributed by atoms with Gasteiger partial charge in [-0.3, -0.25) is 0 Å². The van der Waals surface area contributed by atoms with Crippen LogP contribution in [-0.2, 0) is 0 Å². The lowest BCUT2D eigenvalue weighted by Gasteiger charge is -2.21. The van der Waals surface area contributed by atoms with E-state index < -0.39 is 0 Å². The second-order valence-corrected chi connectivity index (χ2v) is 5.52. The number of fused-ring (bicyclic) bond motifs is 3. The van der Waals surface area contributed by atoms with Crippen molar-refractivity contribution >= 4 is 15.9 Å². The van der Waals surface area contributed by atoms with E-state index in [0.717, 1.165) is 23.2 Å². The van der Waals surface area contributed by atoms with E-state index in [1.165, 1.54) is 5.33 Å². The molecule has 0 amide bonds. The van der Waals surface area contributed by atoms with E-state index in [-0.39, 0.29) is 0 Å². The Labute approximate surface area is 76.9 Å². The third-order valence-corrected chi connectivity index (χ3v) is 5.27. The lowest BCUT2D eigenvalue weighted by Crippen LogP contribution is -2.14. The Bertz CT molecular complexity index is 189. The summed E-state index contributed by atoms with van der Waals surface area (Å²) in [5.41, 5.74) is 0.881. The molecule has 0 aliphatic heterocycles. The van der Waals surface area contributed by atoms with Gasteiger partial charge in [0.25, 0.3) is 0 Å². The Morgan fingerprint density at radius 1 is 1.27 bits per heavy atom. The first-order chi connectivity index (χ1) is 5.35. The summed E-state index contributed by atoms with van der Waals surface area (Å²) in [6.07, 6.45) is 7.85. The maximum Gasteiger partial charge on any atom is 0.00652 e. The first-order valence-electron chi connectivity index (χ1n) is 4.91. The smallest absolute Gasteiger partial charge is 0.00652 e. The van der Waals surface area contributed by atoms with Crippen LogP contribution in [0.1, 0.15) is 32.1 Å². The van der Waals surface area contributed by atoms with Crippen LogP contribution in [0.4, 0.5) is 0 Å². The fourth-order valence-electron chi connectivity index (χ4n) is 3.84. The van der Waals surface area contributed by atoms with Gasteiger partial charge in [-0.25, -0.2) is 0 Å². The van der Waals surface area contributed by atoms with Crippen molar-refractivity contribution < 1.29 is 0 Å². The maximum absolute atomic E-state index is 3.63. The maximum atomic E-state index is 3.63. The van der Waals surface area contributed by atoms with Crippen LogP contribution < -0.4 is 0 Å². The largest absolute Gasteiger partial charge is 0.0925 e. The second kappa shape index (κ2) is 2.04. The molecule has 11 heavy (non-hydrogen) atoms. The van der Waals surface area contributed by atoms with E-state index in [1.807, 2.05) is 0 Å². The Balaban J connectivity index is 1.82. The van der Waals surface area contributed by atoms with E-state index in [9.17, 15) is 0 Å². The minimum atomic E-state index is 0.881. The molecule has 2 bridgehead atoms. The SMILES string of the molecule is BrCC1CC12CC1CCC2C1. The zero-order valence-electron chi connectivity index (χ0n) is 6.85. The minimum Gasteiger partial charge on any atom is -0.0925 e.